The van der Waals surface area contributed by atoms with Crippen molar-refractivity contribution in [1.82, 2.24) is 25.1 Å². The van der Waals surface area contributed by atoms with Crippen molar-refractivity contribution < 1.29 is 19.1 Å². The van der Waals surface area contributed by atoms with Gasteiger partial charge in [-0.2, -0.15) is 5.10 Å². The highest BCUT2D eigenvalue weighted by Crippen LogP contribution is 2.35. The molecule has 12 heteroatoms. The van der Waals surface area contributed by atoms with Gasteiger partial charge in [0, 0.05) is 17.7 Å². The molecule has 3 aromatic carbocycles. The van der Waals surface area contributed by atoms with Crippen LogP contribution in [0.1, 0.15) is 44.6 Å². The number of para-hydroxylation sites is 1. The molecular weight excluding hydrogens is 621 g/mol. The summed E-state index contributed by atoms with van der Waals surface area (Å²) in [5.41, 5.74) is 4.33. The molecule has 10 nitrogen and oxygen atoms in total. The SMILES string of the molecule is COc1ccc(C(=O)NCc2nnc(SCC(=O)N3N=C(c4cccs4)C[C@H]3c3ccc(C)cc3)n2-c2ccccc2)cc1OC. The number of hydrogen-bond acceptors (Lipinski definition) is 9. The second-order valence-corrected chi connectivity index (χ2v) is 12.4. The molecule has 1 N–H and O–H groups in total. The summed E-state index contributed by atoms with van der Waals surface area (Å²) in [5.74, 6) is 1.18. The van der Waals surface area contributed by atoms with Crippen LogP contribution in [0.3, 0.4) is 0 Å². The van der Waals surface area contributed by atoms with Gasteiger partial charge in [-0.1, -0.05) is 65.9 Å². The average molecular weight is 653 g/mol. The Morgan fingerprint density at radius 3 is 2.46 bits per heavy atom. The van der Waals surface area contributed by atoms with E-state index in [0.717, 1.165) is 27.4 Å². The van der Waals surface area contributed by atoms with Crippen molar-refractivity contribution in [3.8, 4) is 17.2 Å². The lowest BCUT2D eigenvalue weighted by molar-refractivity contribution is -0.130. The minimum Gasteiger partial charge on any atom is -0.493 e. The van der Waals surface area contributed by atoms with Crippen molar-refractivity contribution in [2.75, 3.05) is 20.0 Å². The molecule has 6 rings (SSSR count). The predicted molar refractivity (Wildman–Crippen MR) is 179 cm³/mol. The van der Waals surface area contributed by atoms with Crippen molar-refractivity contribution in [2.24, 2.45) is 5.10 Å². The van der Waals surface area contributed by atoms with Gasteiger partial charge in [-0.25, -0.2) is 5.01 Å². The molecule has 0 radical (unpaired) electrons. The molecule has 1 atom stereocenters. The van der Waals surface area contributed by atoms with Crippen LogP contribution in [0.25, 0.3) is 5.69 Å². The zero-order valence-electron chi connectivity index (χ0n) is 25.5. The number of nitrogens with one attached hydrogen (secondary N) is 1. The third-order valence-corrected chi connectivity index (χ3v) is 9.36. The smallest absolute Gasteiger partial charge is 0.253 e. The molecule has 234 valence electrons. The molecule has 1 aliphatic rings. The van der Waals surface area contributed by atoms with Crippen molar-refractivity contribution in [3.63, 3.8) is 0 Å². The fourth-order valence-corrected chi connectivity index (χ4v) is 6.70. The number of thioether (sulfide) groups is 1. The summed E-state index contributed by atoms with van der Waals surface area (Å²) in [7, 11) is 3.06. The monoisotopic (exact) mass is 652 g/mol. The van der Waals surface area contributed by atoms with Crippen molar-refractivity contribution >= 4 is 40.6 Å². The highest BCUT2D eigenvalue weighted by Gasteiger charge is 2.33. The Morgan fingerprint density at radius 1 is 0.957 bits per heavy atom. The van der Waals surface area contributed by atoms with Gasteiger partial charge in [0.25, 0.3) is 11.8 Å². The molecule has 0 aliphatic carbocycles. The first-order valence-electron chi connectivity index (χ1n) is 14.6. The Balaban J connectivity index is 1.21. The van der Waals surface area contributed by atoms with Gasteiger partial charge in [-0.15, -0.1) is 21.5 Å². The number of hydrazone groups is 1. The number of carbonyl (C=O) groups excluding carboxylic acids is 2. The number of carbonyl (C=O) groups is 2. The fourth-order valence-electron chi connectivity index (χ4n) is 5.16. The summed E-state index contributed by atoms with van der Waals surface area (Å²) in [6, 6.07) is 26.7. The molecule has 1 aliphatic heterocycles. The summed E-state index contributed by atoms with van der Waals surface area (Å²) >= 11 is 2.90. The van der Waals surface area contributed by atoms with Crippen LogP contribution in [0.2, 0.25) is 0 Å². The second kappa shape index (κ2) is 14.0. The van der Waals surface area contributed by atoms with Gasteiger partial charge in [0.1, 0.15) is 0 Å². The van der Waals surface area contributed by atoms with E-state index in [1.54, 1.807) is 41.7 Å². The number of ether oxygens (including phenoxy) is 2. The summed E-state index contributed by atoms with van der Waals surface area (Å²) < 4.78 is 12.5. The maximum atomic E-state index is 13.8. The van der Waals surface area contributed by atoms with Crippen LogP contribution in [0.4, 0.5) is 0 Å². The maximum Gasteiger partial charge on any atom is 0.253 e. The van der Waals surface area contributed by atoms with E-state index < -0.39 is 0 Å². The number of nitrogens with zero attached hydrogens (tertiary/aromatic N) is 5. The molecule has 0 saturated heterocycles. The Kier molecular flexibility index (Phi) is 9.46. The number of amides is 2. The molecule has 0 spiro atoms. The van der Waals surface area contributed by atoms with Crippen molar-refractivity contribution in [2.45, 2.75) is 31.1 Å². The van der Waals surface area contributed by atoms with Crippen LogP contribution in [0.15, 0.2) is 101 Å². The number of aryl methyl sites for hydroxylation is 1. The van der Waals surface area contributed by atoms with Crippen molar-refractivity contribution in [3.05, 3.63) is 118 Å². The summed E-state index contributed by atoms with van der Waals surface area (Å²) in [6.45, 7) is 2.16. The maximum absolute atomic E-state index is 13.8. The normalized spacial score (nSPS) is 14.2. The number of thiophene rings is 1. The summed E-state index contributed by atoms with van der Waals surface area (Å²) in [4.78, 5) is 27.9. The molecule has 2 amide bonds. The zero-order valence-corrected chi connectivity index (χ0v) is 27.2. The van der Waals surface area contributed by atoms with Gasteiger partial charge in [0.05, 0.1) is 43.1 Å². The fraction of sp³-hybridized carbons (Fsp3) is 0.206. The van der Waals surface area contributed by atoms with Crippen LogP contribution < -0.4 is 14.8 Å². The van der Waals surface area contributed by atoms with Gasteiger partial charge in [-0.05, 0) is 54.3 Å². The average Bonchev–Trinajstić information content (AvgIpc) is 3.87. The van der Waals surface area contributed by atoms with E-state index >= 15 is 0 Å². The Morgan fingerprint density at radius 2 is 1.74 bits per heavy atom. The Bertz CT molecular complexity index is 1860. The second-order valence-electron chi connectivity index (χ2n) is 10.5. The van der Waals surface area contributed by atoms with Crippen LogP contribution >= 0.6 is 23.1 Å². The highest BCUT2D eigenvalue weighted by atomic mass is 32.2. The summed E-state index contributed by atoms with van der Waals surface area (Å²) in [5, 5.41) is 20.7. The van der Waals surface area contributed by atoms with E-state index in [1.807, 2.05) is 59.3 Å². The number of methoxy groups -OCH3 is 2. The highest BCUT2D eigenvalue weighted by molar-refractivity contribution is 7.99. The molecule has 3 heterocycles. The minimum absolute atomic E-state index is 0.104. The topological polar surface area (TPSA) is 111 Å². The molecule has 0 unspecified atom stereocenters. The van der Waals surface area contributed by atoms with E-state index in [4.69, 9.17) is 14.6 Å². The van der Waals surface area contributed by atoms with Gasteiger partial charge < -0.3 is 14.8 Å². The first kappa shape index (κ1) is 31.1. The molecule has 0 saturated carbocycles. The van der Waals surface area contributed by atoms with E-state index in [2.05, 4.69) is 39.8 Å². The zero-order chi connectivity index (χ0) is 32.0. The molecule has 2 aromatic heterocycles. The van der Waals surface area contributed by atoms with Gasteiger partial charge in [0.2, 0.25) is 0 Å². The number of aromatic nitrogens is 3. The number of rotatable bonds is 11. The van der Waals surface area contributed by atoms with Gasteiger partial charge in [0.15, 0.2) is 22.5 Å². The molecule has 46 heavy (non-hydrogen) atoms. The molecule has 0 bridgehead atoms. The predicted octanol–water partition coefficient (Wildman–Crippen LogP) is 6.05. The number of benzene rings is 3. The van der Waals surface area contributed by atoms with E-state index in [-0.39, 0.29) is 30.2 Å². The largest absolute Gasteiger partial charge is 0.493 e. The number of hydrogen-bond donors (Lipinski definition) is 1. The minimum atomic E-state index is -0.302. The van der Waals surface area contributed by atoms with Crippen LogP contribution in [0, 0.1) is 6.92 Å². The van der Waals surface area contributed by atoms with E-state index in [9.17, 15) is 9.59 Å². The standard InChI is InChI=1S/C34H32N6O4S2/c1-22-11-13-23(14-12-22)27-19-26(30-10-7-17-45-30)38-40(27)32(41)21-46-34-37-36-31(39(34)25-8-5-4-6-9-25)20-35-33(42)24-15-16-28(43-2)29(18-24)44-3/h4-18,27H,19-21H2,1-3H3,(H,35,42)/t27-/m0/s1. The van der Waals surface area contributed by atoms with Crippen LogP contribution in [-0.4, -0.2) is 57.3 Å². The summed E-state index contributed by atoms with van der Waals surface area (Å²) in [6.07, 6.45) is 0.643. The van der Waals surface area contributed by atoms with Gasteiger partial charge >= 0.3 is 0 Å². The quantitative estimate of drug-likeness (QED) is 0.173. The third kappa shape index (κ3) is 6.68. The molecular formula is C34H32N6O4S2. The van der Waals surface area contributed by atoms with Crippen LogP contribution in [0.5, 0.6) is 11.5 Å². The first-order valence-corrected chi connectivity index (χ1v) is 16.4. The lowest BCUT2D eigenvalue weighted by atomic mass is 10.00. The third-order valence-electron chi connectivity index (χ3n) is 7.53. The Hall–Kier alpha value is -4.94. The lowest BCUT2D eigenvalue weighted by Gasteiger charge is -2.22. The molecule has 0 fully saturated rings. The van der Waals surface area contributed by atoms with Crippen molar-refractivity contribution in [1.29, 1.82) is 0 Å². The lowest BCUT2D eigenvalue weighted by Crippen LogP contribution is -2.28. The van der Waals surface area contributed by atoms with Crippen LogP contribution in [-0.2, 0) is 11.3 Å². The van der Waals surface area contributed by atoms with E-state index in [1.165, 1.54) is 18.9 Å². The van der Waals surface area contributed by atoms with E-state index in [0.29, 0.717) is 34.5 Å². The Labute approximate surface area is 275 Å². The van der Waals surface area contributed by atoms with Gasteiger partial charge in [-0.3, -0.25) is 14.2 Å². The molecule has 5 aromatic rings. The first-order chi connectivity index (χ1) is 22.4.